The van der Waals surface area contributed by atoms with E-state index in [0.29, 0.717) is 11.3 Å². The van der Waals surface area contributed by atoms with Crippen LogP contribution in [0.1, 0.15) is 45.4 Å². The molecule has 4 nitrogen and oxygen atoms in total. The second kappa shape index (κ2) is 6.20. The van der Waals surface area contributed by atoms with Gasteiger partial charge in [0.05, 0.1) is 5.54 Å². The van der Waals surface area contributed by atoms with Gasteiger partial charge < -0.3 is 15.0 Å². The number of rotatable bonds is 2. The highest BCUT2D eigenvalue weighted by Gasteiger charge is 2.47. The van der Waals surface area contributed by atoms with Gasteiger partial charge >= 0.3 is 0 Å². The van der Waals surface area contributed by atoms with Crippen LogP contribution in [-0.2, 0) is 9.53 Å². The van der Waals surface area contributed by atoms with Crippen LogP contribution in [0.4, 0.5) is 0 Å². The summed E-state index contributed by atoms with van der Waals surface area (Å²) < 4.78 is 5.48. The molecule has 0 bridgehead atoms. The third-order valence-electron chi connectivity index (χ3n) is 5.54. The summed E-state index contributed by atoms with van der Waals surface area (Å²) in [5.41, 5.74) is 0.109. The number of amides is 1. The van der Waals surface area contributed by atoms with E-state index in [4.69, 9.17) is 4.74 Å². The van der Waals surface area contributed by atoms with Gasteiger partial charge in [0, 0.05) is 26.3 Å². The Labute approximate surface area is 128 Å². The number of likely N-dealkylation sites (tertiary alicyclic amines) is 1. The van der Waals surface area contributed by atoms with Gasteiger partial charge in [-0.05, 0) is 50.5 Å². The Kier molecular flexibility index (Phi) is 4.98. The lowest BCUT2D eigenvalue weighted by atomic mass is 9.79. The van der Waals surface area contributed by atoms with E-state index >= 15 is 0 Å². The van der Waals surface area contributed by atoms with E-state index in [2.05, 4.69) is 17.1 Å². The molecule has 0 aromatic rings. The maximum atomic E-state index is 12.9. The zero-order valence-corrected chi connectivity index (χ0v) is 13.3. The van der Waals surface area contributed by atoms with Crippen molar-refractivity contribution in [2.24, 2.45) is 5.41 Å². The molecule has 3 rings (SSSR count). The van der Waals surface area contributed by atoms with Crippen molar-refractivity contribution >= 4 is 18.3 Å². The quantitative estimate of drug-likeness (QED) is 0.848. The average Bonchev–Trinajstić information content (AvgIpc) is 3.07. The van der Waals surface area contributed by atoms with E-state index < -0.39 is 0 Å². The van der Waals surface area contributed by atoms with E-state index in [1.165, 1.54) is 6.42 Å². The average molecular weight is 303 g/mol. The predicted molar refractivity (Wildman–Crippen MR) is 81.2 cm³/mol. The predicted octanol–water partition coefficient (Wildman–Crippen LogP) is 1.97. The van der Waals surface area contributed by atoms with Gasteiger partial charge in [-0.15, -0.1) is 12.4 Å². The zero-order chi connectivity index (χ0) is 13.3. The smallest absolute Gasteiger partial charge is 0.242 e. The van der Waals surface area contributed by atoms with Gasteiger partial charge in [-0.1, -0.05) is 6.92 Å². The lowest BCUT2D eigenvalue weighted by Crippen LogP contribution is -2.54. The molecule has 1 spiro atoms. The summed E-state index contributed by atoms with van der Waals surface area (Å²) >= 11 is 0. The number of nitrogens with zero attached hydrogens (tertiary/aromatic N) is 1. The van der Waals surface area contributed by atoms with Crippen LogP contribution in [0.15, 0.2) is 0 Å². The van der Waals surface area contributed by atoms with Gasteiger partial charge in [0.15, 0.2) is 0 Å². The minimum Gasteiger partial charge on any atom is -0.381 e. The molecular formula is C15H27ClN2O2. The molecule has 3 aliphatic heterocycles. The normalized spacial score (nSPS) is 32.4. The number of ether oxygens (including phenoxy) is 1. The van der Waals surface area contributed by atoms with E-state index in [-0.39, 0.29) is 17.9 Å². The van der Waals surface area contributed by atoms with Gasteiger partial charge in [-0.25, -0.2) is 0 Å². The Morgan fingerprint density at radius 2 is 2.00 bits per heavy atom. The maximum Gasteiger partial charge on any atom is 0.242 e. The number of halogens is 1. The molecular weight excluding hydrogens is 276 g/mol. The van der Waals surface area contributed by atoms with Gasteiger partial charge in [0.1, 0.15) is 0 Å². The monoisotopic (exact) mass is 302 g/mol. The van der Waals surface area contributed by atoms with Crippen molar-refractivity contribution in [2.45, 2.75) is 51.0 Å². The third kappa shape index (κ3) is 2.70. The van der Waals surface area contributed by atoms with Crippen LogP contribution in [0.3, 0.4) is 0 Å². The fraction of sp³-hybridized carbons (Fsp3) is 0.933. The first-order valence-electron chi connectivity index (χ1n) is 7.82. The summed E-state index contributed by atoms with van der Waals surface area (Å²) in [6, 6.07) is 0. The fourth-order valence-electron chi connectivity index (χ4n) is 4.07. The molecule has 0 aromatic heterocycles. The zero-order valence-electron chi connectivity index (χ0n) is 12.5. The Morgan fingerprint density at radius 3 is 2.60 bits per heavy atom. The first-order chi connectivity index (χ1) is 9.20. The molecule has 116 valence electrons. The van der Waals surface area contributed by atoms with Crippen LogP contribution in [0, 0.1) is 5.41 Å². The lowest BCUT2D eigenvalue weighted by Gasteiger charge is -2.35. The lowest BCUT2D eigenvalue weighted by molar-refractivity contribution is -0.137. The van der Waals surface area contributed by atoms with Crippen LogP contribution < -0.4 is 5.32 Å². The SMILES string of the molecule is CCC1(C(=O)N2CCC3(CCOCC3)C2)CCCN1.Cl. The molecule has 1 N–H and O–H groups in total. The highest BCUT2D eigenvalue weighted by Crippen LogP contribution is 2.41. The summed E-state index contributed by atoms with van der Waals surface area (Å²) in [6.45, 7) is 6.78. The van der Waals surface area contributed by atoms with Crippen molar-refractivity contribution in [3.8, 4) is 0 Å². The molecule has 5 heteroatoms. The minimum atomic E-state index is -0.253. The summed E-state index contributed by atoms with van der Waals surface area (Å²) in [4.78, 5) is 15.0. The largest absolute Gasteiger partial charge is 0.381 e. The summed E-state index contributed by atoms with van der Waals surface area (Å²) in [6.07, 6.45) is 6.48. The maximum absolute atomic E-state index is 12.9. The first-order valence-corrected chi connectivity index (χ1v) is 7.82. The van der Waals surface area contributed by atoms with Gasteiger partial charge in [-0.2, -0.15) is 0 Å². The standard InChI is InChI=1S/C15H26N2O2.ClH/c1-2-15(4-3-8-16-15)13(18)17-9-5-14(12-17)6-10-19-11-7-14;/h16H,2-12H2,1H3;1H. The van der Waals surface area contributed by atoms with Crippen molar-refractivity contribution < 1.29 is 9.53 Å². The highest BCUT2D eigenvalue weighted by molar-refractivity contribution is 5.87. The van der Waals surface area contributed by atoms with E-state index in [0.717, 1.165) is 65.0 Å². The highest BCUT2D eigenvalue weighted by atomic mass is 35.5. The van der Waals surface area contributed by atoms with Gasteiger partial charge in [0.25, 0.3) is 0 Å². The molecule has 1 atom stereocenters. The molecule has 3 fully saturated rings. The first kappa shape index (κ1) is 16.1. The van der Waals surface area contributed by atoms with Crippen LogP contribution in [-0.4, -0.2) is 49.2 Å². The van der Waals surface area contributed by atoms with Crippen molar-refractivity contribution in [2.75, 3.05) is 32.8 Å². The Hall–Kier alpha value is -0.320. The number of nitrogens with one attached hydrogen (secondary N) is 1. The van der Waals surface area contributed by atoms with Crippen LogP contribution >= 0.6 is 12.4 Å². The number of carbonyl (C=O) groups excluding carboxylic acids is 1. The molecule has 0 aromatic carbocycles. The van der Waals surface area contributed by atoms with Gasteiger partial charge in [-0.3, -0.25) is 4.79 Å². The minimum absolute atomic E-state index is 0. The summed E-state index contributed by atoms with van der Waals surface area (Å²) in [5.74, 6) is 0.357. The molecule has 1 unspecified atom stereocenters. The molecule has 1 amide bonds. The van der Waals surface area contributed by atoms with Gasteiger partial charge in [0.2, 0.25) is 5.91 Å². The number of carbonyl (C=O) groups is 1. The Morgan fingerprint density at radius 1 is 1.25 bits per heavy atom. The van der Waals surface area contributed by atoms with Crippen LogP contribution in [0.25, 0.3) is 0 Å². The third-order valence-corrected chi connectivity index (χ3v) is 5.54. The molecule has 3 heterocycles. The molecule has 0 aliphatic carbocycles. The molecule has 3 saturated heterocycles. The van der Waals surface area contributed by atoms with Crippen molar-refractivity contribution in [3.63, 3.8) is 0 Å². The van der Waals surface area contributed by atoms with E-state index in [9.17, 15) is 4.79 Å². The second-order valence-corrected chi connectivity index (χ2v) is 6.56. The molecule has 0 radical (unpaired) electrons. The van der Waals surface area contributed by atoms with Crippen molar-refractivity contribution in [1.29, 1.82) is 0 Å². The number of hydrogen-bond donors (Lipinski definition) is 1. The Bertz CT molecular complexity index is 350. The topological polar surface area (TPSA) is 41.6 Å². The Balaban J connectivity index is 0.00000147. The number of hydrogen-bond acceptors (Lipinski definition) is 3. The molecule has 20 heavy (non-hydrogen) atoms. The molecule has 3 aliphatic rings. The van der Waals surface area contributed by atoms with Crippen LogP contribution in [0.5, 0.6) is 0 Å². The van der Waals surface area contributed by atoms with E-state index in [1.54, 1.807) is 0 Å². The summed E-state index contributed by atoms with van der Waals surface area (Å²) in [7, 11) is 0. The van der Waals surface area contributed by atoms with E-state index in [1.807, 2.05) is 0 Å². The fourth-order valence-corrected chi connectivity index (χ4v) is 4.07. The van der Waals surface area contributed by atoms with Crippen LogP contribution in [0.2, 0.25) is 0 Å². The van der Waals surface area contributed by atoms with Crippen molar-refractivity contribution in [1.82, 2.24) is 10.2 Å². The summed E-state index contributed by atoms with van der Waals surface area (Å²) in [5, 5.41) is 3.47. The molecule has 0 saturated carbocycles. The van der Waals surface area contributed by atoms with Crippen molar-refractivity contribution in [3.05, 3.63) is 0 Å². The second-order valence-electron chi connectivity index (χ2n) is 6.56.